The van der Waals surface area contributed by atoms with Crippen LogP contribution in [0.1, 0.15) is 30.6 Å². The van der Waals surface area contributed by atoms with E-state index in [1.54, 1.807) is 32.0 Å². The number of hydrogen-bond donors (Lipinski definition) is 3. The van der Waals surface area contributed by atoms with Crippen molar-refractivity contribution in [2.45, 2.75) is 20.3 Å². The van der Waals surface area contributed by atoms with Crippen LogP contribution in [0.3, 0.4) is 0 Å². The quantitative estimate of drug-likeness (QED) is 0.723. The Balaban J connectivity index is 2.81. The maximum atomic E-state index is 12.0. The van der Waals surface area contributed by atoms with E-state index < -0.39 is 11.4 Å². The summed E-state index contributed by atoms with van der Waals surface area (Å²) in [5.41, 5.74) is 5.53. The molecule has 0 saturated carbocycles. The van der Waals surface area contributed by atoms with E-state index in [9.17, 15) is 9.59 Å². The van der Waals surface area contributed by atoms with Crippen molar-refractivity contribution < 1.29 is 14.7 Å². The van der Waals surface area contributed by atoms with E-state index in [0.29, 0.717) is 22.1 Å². The molecule has 1 atom stereocenters. The van der Waals surface area contributed by atoms with Crippen LogP contribution in [-0.4, -0.2) is 23.5 Å². The summed E-state index contributed by atoms with van der Waals surface area (Å²) in [6, 6.07) is 4.90. The van der Waals surface area contributed by atoms with E-state index in [2.05, 4.69) is 21.2 Å². The molecule has 0 bridgehead atoms. The van der Waals surface area contributed by atoms with Gasteiger partial charge in [0.2, 0.25) is 0 Å². The predicted octanol–water partition coefficient (Wildman–Crippen LogP) is 2.26. The zero-order valence-electron chi connectivity index (χ0n) is 10.9. The number of nitrogen functional groups attached to an aromatic ring is 1. The number of carbonyl (C=O) groups is 2. The lowest BCUT2D eigenvalue weighted by Gasteiger charge is -2.23. The molecule has 5 nitrogen and oxygen atoms in total. The van der Waals surface area contributed by atoms with Crippen LogP contribution in [0.15, 0.2) is 22.7 Å². The molecule has 1 unspecified atom stereocenters. The average molecular weight is 329 g/mol. The van der Waals surface area contributed by atoms with Crippen molar-refractivity contribution in [1.82, 2.24) is 5.32 Å². The lowest BCUT2D eigenvalue weighted by molar-refractivity contribution is -0.147. The van der Waals surface area contributed by atoms with E-state index >= 15 is 0 Å². The van der Waals surface area contributed by atoms with Crippen molar-refractivity contribution in [2.75, 3.05) is 12.3 Å². The second-order valence-electron chi connectivity index (χ2n) is 4.64. The first-order chi connectivity index (χ1) is 8.80. The first-order valence-corrected chi connectivity index (χ1v) is 6.66. The molecule has 0 spiro atoms. The Morgan fingerprint density at radius 2 is 2.11 bits per heavy atom. The number of carboxylic acids is 1. The van der Waals surface area contributed by atoms with Crippen LogP contribution in [0.5, 0.6) is 0 Å². The van der Waals surface area contributed by atoms with Crippen LogP contribution >= 0.6 is 15.9 Å². The fraction of sp³-hybridized carbons (Fsp3) is 0.385. The molecule has 0 aliphatic carbocycles. The predicted molar refractivity (Wildman–Crippen MR) is 76.9 cm³/mol. The van der Waals surface area contributed by atoms with Crippen LogP contribution in [-0.2, 0) is 4.79 Å². The molecule has 0 saturated heterocycles. The smallest absolute Gasteiger partial charge is 0.311 e. The van der Waals surface area contributed by atoms with Gasteiger partial charge in [-0.2, -0.15) is 0 Å². The minimum atomic E-state index is -0.970. The van der Waals surface area contributed by atoms with E-state index in [1.165, 1.54) is 0 Å². The Morgan fingerprint density at radius 3 is 2.63 bits per heavy atom. The number of aliphatic carboxylic acids is 1. The zero-order valence-corrected chi connectivity index (χ0v) is 12.5. The third-order valence-electron chi connectivity index (χ3n) is 3.17. The van der Waals surface area contributed by atoms with Crippen molar-refractivity contribution >= 4 is 33.5 Å². The molecular formula is C13H17BrN2O3. The van der Waals surface area contributed by atoms with E-state index in [0.717, 1.165) is 0 Å². The monoisotopic (exact) mass is 328 g/mol. The summed E-state index contributed by atoms with van der Waals surface area (Å²) in [7, 11) is 0. The van der Waals surface area contributed by atoms with Crippen molar-refractivity contribution in [2.24, 2.45) is 5.41 Å². The van der Waals surface area contributed by atoms with Gasteiger partial charge in [0.25, 0.3) is 5.91 Å². The van der Waals surface area contributed by atoms with E-state index in [4.69, 9.17) is 10.8 Å². The minimum absolute atomic E-state index is 0.0684. The molecule has 0 aliphatic heterocycles. The minimum Gasteiger partial charge on any atom is -0.481 e. The molecule has 6 heteroatoms. The van der Waals surface area contributed by atoms with Crippen molar-refractivity contribution in [3.8, 4) is 0 Å². The molecule has 1 aromatic rings. The Kier molecular flexibility index (Phi) is 4.94. The molecule has 0 aromatic heterocycles. The molecule has 19 heavy (non-hydrogen) atoms. The highest BCUT2D eigenvalue weighted by atomic mass is 79.9. The molecule has 1 amide bonds. The number of amides is 1. The van der Waals surface area contributed by atoms with Crippen molar-refractivity contribution in [1.29, 1.82) is 0 Å². The first-order valence-electron chi connectivity index (χ1n) is 5.87. The molecule has 1 rings (SSSR count). The summed E-state index contributed by atoms with van der Waals surface area (Å²) in [5, 5.41) is 11.8. The van der Waals surface area contributed by atoms with Gasteiger partial charge in [0.05, 0.1) is 11.0 Å². The standard InChI is InChI=1S/C13H17BrN2O3/c1-3-13(2,12(18)19)7-16-11(17)9-6-8(15)4-5-10(9)14/h4-6H,3,7,15H2,1-2H3,(H,16,17)(H,18,19). The SMILES string of the molecule is CCC(C)(CNC(=O)c1cc(N)ccc1Br)C(=O)O. The first kappa shape index (κ1) is 15.5. The molecule has 1 aromatic carbocycles. The van der Waals surface area contributed by atoms with E-state index in [1.807, 2.05) is 0 Å². The molecule has 0 heterocycles. The fourth-order valence-corrected chi connectivity index (χ4v) is 1.87. The maximum Gasteiger partial charge on any atom is 0.311 e. The van der Waals surface area contributed by atoms with Gasteiger partial charge in [-0.3, -0.25) is 9.59 Å². The fourth-order valence-electron chi connectivity index (χ4n) is 1.44. The van der Waals surface area contributed by atoms with Crippen molar-refractivity contribution in [3.05, 3.63) is 28.2 Å². The largest absolute Gasteiger partial charge is 0.481 e. The van der Waals surface area contributed by atoms with Crippen LogP contribution < -0.4 is 11.1 Å². The normalized spacial score (nSPS) is 13.6. The maximum absolute atomic E-state index is 12.0. The highest BCUT2D eigenvalue weighted by Crippen LogP contribution is 2.22. The summed E-state index contributed by atoms with van der Waals surface area (Å²) in [6.45, 7) is 3.44. The van der Waals surface area contributed by atoms with Gasteiger partial charge >= 0.3 is 5.97 Å². The summed E-state index contributed by atoms with van der Waals surface area (Å²) in [6.07, 6.45) is 0.431. The van der Waals surface area contributed by atoms with Crippen LogP contribution in [0, 0.1) is 5.41 Å². The number of benzene rings is 1. The highest BCUT2D eigenvalue weighted by Gasteiger charge is 2.31. The van der Waals surface area contributed by atoms with Gasteiger partial charge in [-0.15, -0.1) is 0 Å². The molecule has 0 radical (unpaired) electrons. The van der Waals surface area contributed by atoms with Gasteiger partial charge < -0.3 is 16.2 Å². The van der Waals surface area contributed by atoms with Crippen LogP contribution in [0.2, 0.25) is 0 Å². The Labute approximate surface area is 120 Å². The lowest BCUT2D eigenvalue weighted by Crippen LogP contribution is -2.40. The third-order valence-corrected chi connectivity index (χ3v) is 3.86. The Morgan fingerprint density at radius 1 is 1.47 bits per heavy atom. The number of rotatable bonds is 5. The average Bonchev–Trinajstić information content (AvgIpc) is 2.38. The third kappa shape index (κ3) is 3.70. The topological polar surface area (TPSA) is 92.4 Å². The highest BCUT2D eigenvalue weighted by molar-refractivity contribution is 9.10. The van der Waals surface area contributed by atoms with Crippen LogP contribution in [0.4, 0.5) is 5.69 Å². The number of anilines is 1. The zero-order chi connectivity index (χ0) is 14.6. The number of hydrogen-bond acceptors (Lipinski definition) is 3. The van der Waals surface area contributed by atoms with Gasteiger partial charge in [0.15, 0.2) is 0 Å². The number of carboxylic acid groups (broad SMARTS) is 1. The van der Waals surface area contributed by atoms with Crippen molar-refractivity contribution in [3.63, 3.8) is 0 Å². The summed E-state index contributed by atoms with van der Waals surface area (Å²) < 4.78 is 0.618. The summed E-state index contributed by atoms with van der Waals surface area (Å²) >= 11 is 3.26. The van der Waals surface area contributed by atoms with E-state index in [-0.39, 0.29) is 12.5 Å². The molecule has 0 fully saturated rings. The lowest BCUT2D eigenvalue weighted by atomic mass is 9.87. The number of nitrogens with two attached hydrogens (primary N) is 1. The second kappa shape index (κ2) is 6.06. The number of halogens is 1. The number of carbonyl (C=O) groups excluding carboxylic acids is 1. The summed E-state index contributed by atoms with van der Waals surface area (Å²) in [4.78, 5) is 23.2. The second-order valence-corrected chi connectivity index (χ2v) is 5.50. The molecule has 0 aliphatic rings. The Bertz CT molecular complexity index is 505. The van der Waals surface area contributed by atoms with Gasteiger partial charge in [0, 0.05) is 16.7 Å². The summed E-state index contributed by atoms with van der Waals surface area (Å²) in [5.74, 6) is -1.28. The molecule has 4 N–H and O–H groups in total. The van der Waals surface area contributed by atoms with Gasteiger partial charge in [-0.1, -0.05) is 6.92 Å². The van der Waals surface area contributed by atoms with Gasteiger partial charge in [-0.05, 0) is 47.5 Å². The Hall–Kier alpha value is -1.56. The van der Waals surface area contributed by atoms with Gasteiger partial charge in [0.1, 0.15) is 0 Å². The molecule has 104 valence electrons. The number of nitrogens with one attached hydrogen (secondary N) is 1. The van der Waals surface area contributed by atoms with Gasteiger partial charge in [-0.25, -0.2) is 0 Å². The van der Waals surface area contributed by atoms with Crippen LogP contribution in [0.25, 0.3) is 0 Å². The molecular weight excluding hydrogens is 312 g/mol.